The number of aromatic nitrogens is 1. The summed E-state index contributed by atoms with van der Waals surface area (Å²) in [6.07, 6.45) is 3.69. The largest absolute Gasteiger partial charge is 0.493 e. The molecular formula is C15H18N2O3S. The lowest BCUT2D eigenvalue weighted by Crippen LogP contribution is -2.12. The second-order valence-corrected chi connectivity index (χ2v) is 5.25. The molecule has 0 unspecified atom stereocenters. The molecule has 2 rings (SSSR count). The topological polar surface area (TPSA) is 60.5 Å². The lowest BCUT2D eigenvalue weighted by molar-refractivity contribution is 0.102. The van der Waals surface area contributed by atoms with Gasteiger partial charge in [-0.1, -0.05) is 13.3 Å². The second-order valence-electron chi connectivity index (χ2n) is 4.36. The van der Waals surface area contributed by atoms with Crippen LogP contribution in [-0.4, -0.2) is 24.6 Å². The zero-order valence-electron chi connectivity index (χ0n) is 12.1. The third kappa shape index (κ3) is 4.19. The number of methoxy groups -OCH3 is 1. The molecule has 2 aromatic rings. The number of anilines is 1. The first kappa shape index (κ1) is 15.3. The molecule has 1 aromatic carbocycles. The molecule has 6 heteroatoms. The number of hydrogen-bond donors (Lipinski definition) is 1. The molecule has 0 radical (unpaired) electrons. The predicted molar refractivity (Wildman–Crippen MR) is 83.5 cm³/mol. The molecule has 0 fully saturated rings. The third-order valence-corrected chi connectivity index (χ3v) is 3.52. The van der Waals surface area contributed by atoms with Crippen LogP contribution in [0.3, 0.4) is 0 Å². The second kappa shape index (κ2) is 7.64. The van der Waals surface area contributed by atoms with Gasteiger partial charge in [-0.2, -0.15) is 0 Å². The monoisotopic (exact) mass is 306 g/mol. The van der Waals surface area contributed by atoms with E-state index in [1.807, 2.05) is 0 Å². The summed E-state index contributed by atoms with van der Waals surface area (Å²) in [6, 6.07) is 5.14. The van der Waals surface area contributed by atoms with Crippen LogP contribution in [0.2, 0.25) is 0 Å². The molecular weight excluding hydrogens is 288 g/mol. The van der Waals surface area contributed by atoms with Crippen LogP contribution in [0.1, 0.15) is 30.1 Å². The number of thiazole rings is 1. The van der Waals surface area contributed by atoms with Gasteiger partial charge in [-0.3, -0.25) is 10.1 Å². The first-order valence-electron chi connectivity index (χ1n) is 6.76. The van der Waals surface area contributed by atoms with Crippen LogP contribution >= 0.6 is 11.3 Å². The minimum absolute atomic E-state index is 0.219. The van der Waals surface area contributed by atoms with Gasteiger partial charge in [-0.25, -0.2) is 4.98 Å². The van der Waals surface area contributed by atoms with E-state index in [0.29, 0.717) is 28.8 Å². The zero-order chi connectivity index (χ0) is 15.1. The van der Waals surface area contributed by atoms with E-state index in [1.165, 1.54) is 11.3 Å². The summed E-state index contributed by atoms with van der Waals surface area (Å²) in [7, 11) is 1.56. The van der Waals surface area contributed by atoms with Crippen LogP contribution in [0.25, 0.3) is 0 Å². The number of nitrogens with zero attached hydrogens (tertiary/aromatic N) is 1. The maximum absolute atomic E-state index is 12.1. The molecule has 0 aliphatic rings. The number of rotatable bonds is 7. The number of nitrogens with one attached hydrogen (secondary N) is 1. The van der Waals surface area contributed by atoms with Crippen molar-refractivity contribution in [2.24, 2.45) is 0 Å². The minimum atomic E-state index is -0.219. The van der Waals surface area contributed by atoms with E-state index < -0.39 is 0 Å². The average Bonchev–Trinajstić information content (AvgIpc) is 3.00. The van der Waals surface area contributed by atoms with Crippen LogP contribution in [0.4, 0.5) is 5.13 Å². The molecule has 1 amide bonds. The Morgan fingerprint density at radius 1 is 1.38 bits per heavy atom. The highest BCUT2D eigenvalue weighted by atomic mass is 32.1. The van der Waals surface area contributed by atoms with Crippen molar-refractivity contribution < 1.29 is 14.3 Å². The van der Waals surface area contributed by atoms with E-state index in [-0.39, 0.29) is 5.91 Å². The summed E-state index contributed by atoms with van der Waals surface area (Å²) in [5, 5.41) is 5.11. The van der Waals surface area contributed by atoms with E-state index in [0.717, 1.165) is 12.8 Å². The van der Waals surface area contributed by atoms with Gasteiger partial charge in [0.1, 0.15) is 0 Å². The lowest BCUT2D eigenvalue weighted by Gasteiger charge is -2.11. The Kier molecular flexibility index (Phi) is 5.57. The van der Waals surface area contributed by atoms with Crippen molar-refractivity contribution in [1.29, 1.82) is 0 Å². The number of hydrogen-bond acceptors (Lipinski definition) is 5. The van der Waals surface area contributed by atoms with Crippen molar-refractivity contribution in [3.63, 3.8) is 0 Å². The molecule has 1 aromatic heterocycles. The van der Waals surface area contributed by atoms with Gasteiger partial charge in [0.15, 0.2) is 16.6 Å². The predicted octanol–water partition coefficient (Wildman–Crippen LogP) is 3.58. The summed E-state index contributed by atoms with van der Waals surface area (Å²) < 4.78 is 10.9. The van der Waals surface area contributed by atoms with Gasteiger partial charge >= 0.3 is 0 Å². The van der Waals surface area contributed by atoms with Crippen molar-refractivity contribution in [2.75, 3.05) is 19.0 Å². The Hall–Kier alpha value is -2.08. The van der Waals surface area contributed by atoms with Crippen molar-refractivity contribution in [3.05, 3.63) is 35.3 Å². The fourth-order valence-corrected chi connectivity index (χ4v) is 2.23. The summed E-state index contributed by atoms with van der Waals surface area (Å²) in [6.45, 7) is 2.74. The van der Waals surface area contributed by atoms with Crippen molar-refractivity contribution in [2.45, 2.75) is 19.8 Å². The van der Waals surface area contributed by atoms with Crippen molar-refractivity contribution >= 4 is 22.4 Å². The molecule has 0 atom stereocenters. The normalized spacial score (nSPS) is 10.2. The molecule has 21 heavy (non-hydrogen) atoms. The summed E-state index contributed by atoms with van der Waals surface area (Å²) in [4.78, 5) is 16.1. The maximum Gasteiger partial charge on any atom is 0.257 e. The van der Waals surface area contributed by atoms with Crippen LogP contribution < -0.4 is 14.8 Å². The Morgan fingerprint density at radius 2 is 2.24 bits per heavy atom. The Labute approximate surface area is 127 Å². The third-order valence-electron chi connectivity index (χ3n) is 2.83. The Balaban J connectivity index is 2.08. The average molecular weight is 306 g/mol. The van der Waals surface area contributed by atoms with Gasteiger partial charge in [0.25, 0.3) is 5.91 Å². The van der Waals surface area contributed by atoms with Crippen LogP contribution in [0, 0.1) is 0 Å². The molecule has 0 bridgehead atoms. The van der Waals surface area contributed by atoms with E-state index in [1.54, 1.807) is 36.9 Å². The van der Waals surface area contributed by atoms with Gasteiger partial charge in [0.2, 0.25) is 0 Å². The molecule has 112 valence electrons. The highest BCUT2D eigenvalue weighted by molar-refractivity contribution is 7.13. The number of amides is 1. The Bertz CT molecular complexity index is 585. The number of benzene rings is 1. The van der Waals surface area contributed by atoms with Crippen LogP contribution in [-0.2, 0) is 0 Å². The highest BCUT2D eigenvalue weighted by Gasteiger charge is 2.12. The van der Waals surface area contributed by atoms with Gasteiger partial charge in [-0.15, -0.1) is 11.3 Å². The fraction of sp³-hybridized carbons (Fsp3) is 0.333. The number of carbonyl (C=O) groups excluding carboxylic acids is 1. The van der Waals surface area contributed by atoms with Crippen molar-refractivity contribution in [3.8, 4) is 11.5 Å². The molecule has 1 N–H and O–H groups in total. The fourth-order valence-electron chi connectivity index (χ4n) is 1.71. The van der Waals surface area contributed by atoms with E-state index in [2.05, 4.69) is 17.2 Å². The quantitative estimate of drug-likeness (QED) is 0.794. The molecule has 5 nitrogen and oxygen atoms in total. The van der Waals surface area contributed by atoms with Crippen LogP contribution in [0.5, 0.6) is 11.5 Å². The molecule has 0 spiro atoms. The van der Waals surface area contributed by atoms with Gasteiger partial charge < -0.3 is 9.47 Å². The van der Waals surface area contributed by atoms with Gasteiger partial charge in [0.05, 0.1) is 13.7 Å². The van der Waals surface area contributed by atoms with Gasteiger partial charge in [0, 0.05) is 17.1 Å². The minimum Gasteiger partial charge on any atom is -0.493 e. The van der Waals surface area contributed by atoms with Gasteiger partial charge in [-0.05, 0) is 24.6 Å². The number of carbonyl (C=O) groups is 1. The first-order chi connectivity index (χ1) is 10.2. The SMILES string of the molecule is CCCCOc1ccc(C(=O)Nc2nccs2)cc1OC. The van der Waals surface area contributed by atoms with Crippen molar-refractivity contribution in [1.82, 2.24) is 4.98 Å². The highest BCUT2D eigenvalue weighted by Crippen LogP contribution is 2.28. The molecule has 0 aliphatic heterocycles. The standard InChI is InChI=1S/C15H18N2O3S/c1-3-4-8-20-12-6-5-11(10-13(12)19-2)14(18)17-15-16-7-9-21-15/h5-7,9-10H,3-4,8H2,1-2H3,(H,16,17,18). The summed E-state index contributed by atoms with van der Waals surface area (Å²) >= 11 is 1.37. The molecule has 0 saturated heterocycles. The maximum atomic E-state index is 12.1. The molecule has 0 aliphatic carbocycles. The Morgan fingerprint density at radius 3 is 2.90 bits per heavy atom. The molecule has 0 saturated carbocycles. The lowest BCUT2D eigenvalue weighted by atomic mass is 10.2. The summed E-state index contributed by atoms with van der Waals surface area (Å²) in [5.74, 6) is 0.984. The zero-order valence-corrected chi connectivity index (χ0v) is 12.9. The van der Waals surface area contributed by atoms with Crippen LogP contribution in [0.15, 0.2) is 29.8 Å². The summed E-state index contributed by atoms with van der Waals surface area (Å²) in [5.41, 5.74) is 0.505. The van der Waals surface area contributed by atoms with E-state index in [9.17, 15) is 4.79 Å². The van der Waals surface area contributed by atoms with E-state index >= 15 is 0 Å². The number of ether oxygens (including phenoxy) is 2. The smallest absolute Gasteiger partial charge is 0.257 e. The van der Waals surface area contributed by atoms with E-state index in [4.69, 9.17) is 9.47 Å². The molecule has 1 heterocycles. The number of unbranched alkanes of at least 4 members (excludes halogenated alkanes) is 1. The first-order valence-corrected chi connectivity index (χ1v) is 7.64.